The van der Waals surface area contributed by atoms with Gasteiger partial charge in [-0.05, 0) is 28.5 Å². The van der Waals surface area contributed by atoms with Gasteiger partial charge < -0.3 is 4.74 Å². The highest BCUT2D eigenvalue weighted by Crippen LogP contribution is 2.42. The van der Waals surface area contributed by atoms with Crippen LogP contribution in [0.25, 0.3) is 0 Å². The van der Waals surface area contributed by atoms with Crippen molar-refractivity contribution in [3.63, 3.8) is 0 Å². The summed E-state index contributed by atoms with van der Waals surface area (Å²) in [6.07, 6.45) is 0.598. The SMILES string of the molecule is COc1ccc(C(C)(C)C(C)(C)C)cc1NNC=O. The molecule has 19 heavy (non-hydrogen) atoms. The number of amides is 1. The van der Waals surface area contributed by atoms with E-state index in [2.05, 4.69) is 51.5 Å². The van der Waals surface area contributed by atoms with Gasteiger partial charge in [0, 0.05) is 0 Å². The largest absolute Gasteiger partial charge is 0.495 e. The van der Waals surface area contributed by atoms with Gasteiger partial charge in [-0.15, -0.1) is 0 Å². The number of carbonyl (C=O) groups excluding carboxylic acids is 1. The molecule has 1 amide bonds. The lowest BCUT2D eigenvalue weighted by Crippen LogP contribution is -2.34. The Balaban J connectivity index is 3.21. The van der Waals surface area contributed by atoms with Crippen LogP contribution in [0.2, 0.25) is 0 Å². The summed E-state index contributed by atoms with van der Waals surface area (Å²) < 4.78 is 5.28. The fourth-order valence-electron chi connectivity index (χ4n) is 1.73. The minimum absolute atomic E-state index is 0.00309. The van der Waals surface area contributed by atoms with Crippen LogP contribution in [-0.4, -0.2) is 13.5 Å². The number of rotatable bonds is 5. The van der Waals surface area contributed by atoms with E-state index in [1.54, 1.807) is 7.11 Å². The Hall–Kier alpha value is -1.71. The van der Waals surface area contributed by atoms with Gasteiger partial charge in [-0.2, -0.15) is 0 Å². The highest BCUT2D eigenvalue weighted by molar-refractivity contribution is 5.61. The Labute approximate surface area is 115 Å². The molecule has 1 aromatic rings. The lowest BCUT2D eigenvalue weighted by molar-refractivity contribution is -0.109. The zero-order valence-corrected chi connectivity index (χ0v) is 12.6. The van der Waals surface area contributed by atoms with E-state index in [9.17, 15) is 4.79 Å². The summed E-state index contributed by atoms with van der Waals surface area (Å²) in [5.74, 6) is 0.697. The summed E-state index contributed by atoms with van der Waals surface area (Å²) in [7, 11) is 1.61. The summed E-state index contributed by atoms with van der Waals surface area (Å²) in [5, 5.41) is 0. The van der Waals surface area contributed by atoms with Crippen molar-refractivity contribution in [3.05, 3.63) is 23.8 Å². The molecule has 1 aromatic carbocycles. The molecule has 0 radical (unpaired) electrons. The number of ether oxygens (including phenoxy) is 1. The second-order valence-corrected chi connectivity index (χ2v) is 6.18. The maximum absolute atomic E-state index is 10.4. The van der Waals surface area contributed by atoms with E-state index < -0.39 is 0 Å². The molecule has 0 aromatic heterocycles. The van der Waals surface area contributed by atoms with Crippen LogP contribution in [0.5, 0.6) is 5.75 Å². The quantitative estimate of drug-likeness (QED) is 0.634. The number of methoxy groups -OCH3 is 1. The minimum atomic E-state index is -0.00309. The highest BCUT2D eigenvalue weighted by atomic mass is 16.5. The molecule has 0 aliphatic carbocycles. The summed E-state index contributed by atoms with van der Waals surface area (Å²) in [6, 6.07) is 5.99. The van der Waals surface area contributed by atoms with Crippen LogP contribution in [0.3, 0.4) is 0 Å². The summed E-state index contributed by atoms with van der Waals surface area (Å²) in [5.41, 5.74) is 7.34. The summed E-state index contributed by atoms with van der Waals surface area (Å²) in [6.45, 7) is 11.1. The molecule has 0 spiro atoms. The van der Waals surface area contributed by atoms with Crippen molar-refractivity contribution >= 4 is 12.1 Å². The number of nitrogens with one attached hydrogen (secondary N) is 2. The molecule has 0 saturated carbocycles. The lowest BCUT2D eigenvalue weighted by atomic mass is 9.65. The fraction of sp³-hybridized carbons (Fsp3) is 0.533. The molecule has 1 rings (SSSR count). The maximum Gasteiger partial charge on any atom is 0.225 e. The first-order chi connectivity index (χ1) is 8.74. The normalized spacial score (nSPS) is 11.9. The van der Waals surface area contributed by atoms with Crippen molar-refractivity contribution < 1.29 is 9.53 Å². The van der Waals surface area contributed by atoms with Gasteiger partial charge in [-0.3, -0.25) is 15.6 Å². The van der Waals surface area contributed by atoms with Gasteiger partial charge in [0.2, 0.25) is 6.41 Å². The van der Waals surface area contributed by atoms with Crippen molar-refractivity contribution in [2.75, 3.05) is 12.5 Å². The molecule has 4 heteroatoms. The van der Waals surface area contributed by atoms with Crippen molar-refractivity contribution in [2.24, 2.45) is 5.41 Å². The maximum atomic E-state index is 10.4. The average Bonchev–Trinajstić information content (AvgIpc) is 2.34. The third-order valence-electron chi connectivity index (χ3n) is 4.06. The minimum Gasteiger partial charge on any atom is -0.495 e. The summed E-state index contributed by atoms with van der Waals surface area (Å²) >= 11 is 0. The first kappa shape index (κ1) is 15.3. The predicted molar refractivity (Wildman–Crippen MR) is 78.3 cm³/mol. The second kappa shape index (κ2) is 5.51. The molecule has 2 N–H and O–H groups in total. The third-order valence-corrected chi connectivity index (χ3v) is 4.06. The molecule has 0 bridgehead atoms. The van der Waals surface area contributed by atoms with Crippen molar-refractivity contribution in [3.8, 4) is 5.75 Å². The Bertz CT molecular complexity index is 448. The Morgan fingerprint density at radius 3 is 2.26 bits per heavy atom. The molecule has 0 unspecified atom stereocenters. The van der Waals surface area contributed by atoms with Gasteiger partial charge in [-0.1, -0.05) is 40.7 Å². The van der Waals surface area contributed by atoms with Gasteiger partial charge in [0.1, 0.15) is 5.75 Å². The number of anilines is 1. The van der Waals surface area contributed by atoms with Crippen LogP contribution in [-0.2, 0) is 10.2 Å². The predicted octanol–water partition coefficient (Wildman–Crippen LogP) is 3.09. The van der Waals surface area contributed by atoms with E-state index in [0.29, 0.717) is 12.2 Å². The van der Waals surface area contributed by atoms with Crippen LogP contribution >= 0.6 is 0 Å². The third kappa shape index (κ3) is 3.19. The molecule has 0 fully saturated rings. The molecule has 0 aliphatic heterocycles. The number of hydrazine groups is 1. The topological polar surface area (TPSA) is 50.4 Å². The van der Waals surface area contributed by atoms with Gasteiger partial charge in [-0.25, -0.2) is 0 Å². The molecule has 0 atom stereocenters. The molecule has 0 saturated heterocycles. The van der Waals surface area contributed by atoms with E-state index in [-0.39, 0.29) is 10.8 Å². The Morgan fingerprint density at radius 1 is 1.16 bits per heavy atom. The fourth-order valence-corrected chi connectivity index (χ4v) is 1.73. The van der Waals surface area contributed by atoms with Crippen LogP contribution in [0.4, 0.5) is 5.69 Å². The van der Waals surface area contributed by atoms with E-state index in [1.807, 2.05) is 12.1 Å². The smallest absolute Gasteiger partial charge is 0.225 e. The molecule has 0 aliphatic rings. The zero-order chi connectivity index (χ0) is 14.7. The van der Waals surface area contributed by atoms with Gasteiger partial charge >= 0.3 is 0 Å². The second-order valence-electron chi connectivity index (χ2n) is 6.18. The van der Waals surface area contributed by atoms with Gasteiger partial charge in [0.25, 0.3) is 0 Å². The lowest BCUT2D eigenvalue weighted by Gasteiger charge is -2.39. The number of benzene rings is 1. The van der Waals surface area contributed by atoms with E-state index in [0.717, 1.165) is 5.69 Å². The highest BCUT2D eigenvalue weighted by Gasteiger charge is 2.34. The number of hydrogen-bond donors (Lipinski definition) is 2. The van der Waals surface area contributed by atoms with Crippen LogP contribution in [0, 0.1) is 5.41 Å². The Morgan fingerprint density at radius 2 is 1.79 bits per heavy atom. The van der Waals surface area contributed by atoms with Crippen molar-refractivity contribution in [1.82, 2.24) is 5.43 Å². The molecule has 0 heterocycles. The van der Waals surface area contributed by atoms with Crippen LogP contribution < -0.4 is 15.6 Å². The van der Waals surface area contributed by atoms with Gasteiger partial charge in [0.05, 0.1) is 12.8 Å². The standard InChI is InChI=1S/C15H24N2O2/c1-14(2,3)15(4,5)11-7-8-13(19-6)12(9-11)17-16-10-18/h7-10,17H,1-6H3,(H,16,18). The first-order valence-electron chi connectivity index (χ1n) is 6.37. The zero-order valence-electron chi connectivity index (χ0n) is 12.6. The van der Waals surface area contributed by atoms with Gasteiger partial charge in [0.15, 0.2) is 0 Å². The van der Waals surface area contributed by atoms with Crippen molar-refractivity contribution in [2.45, 2.75) is 40.0 Å². The number of hydrogen-bond acceptors (Lipinski definition) is 3. The van der Waals surface area contributed by atoms with Crippen LogP contribution in [0.15, 0.2) is 18.2 Å². The average molecular weight is 264 g/mol. The molecular formula is C15H24N2O2. The van der Waals surface area contributed by atoms with Crippen LogP contribution in [0.1, 0.15) is 40.2 Å². The Kier molecular flexibility index (Phi) is 4.45. The number of carbonyl (C=O) groups is 1. The van der Waals surface area contributed by atoms with E-state index >= 15 is 0 Å². The van der Waals surface area contributed by atoms with E-state index in [4.69, 9.17) is 4.74 Å². The molecule has 106 valence electrons. The molecule has 4 nitrogen and oxygen atoms in total. The molecular weight excluding hydrogens is 240 g/mol. The summed E-state index contributed by atoms with van der Waals surface area (Å²) in [4.78, 5) is 10.4. The first-order valence-corrected chi connectivity index (χ1v) is 6.37. The van der Waals surface area contributed by atoms with E-state index in [1.165, 1.54) is 5.56 Å². The monoisotopic (exact) mass is 264 g/mol. The van der Waals surface area contributed by atoms with Crippen molar-refractivity contribution in [1.29, 1.82) is 0 Å².